The van der Waals surface area contributed by atoms with Crippen molar-refractivity contribution in [1.29, 1.82) is 0 Å². The SMILES string of the molecule is CC(C)(C)c1csc(NC(=O)[C@@H]2C[C@@H](c3ccn(C(C)(C)C)n3)[C@H](c3ccc(C(F)(F)F)cc3)N2)n1. The van der Waals surface area contributed by atoms with Crippen molar-refractivity contribution >= 4 is 22.4 Å². The monoisotopic (exact) mass is 519 g/mol. The van der Waals surface area contributed by atoms with E-state index < -0.39 is 17.8 Å². The van der Waals surface area contributed by atoms with Crippen LogP contribution in [0.3, 0.4) is 0 Å². The minimum atomic E-state index is -4.41. The Kier molecular flexibility index (Phi) is 6.81. The lowest BCUT2D eigenvalue weighted by atomic mass is 9.90. The molecular formula is C26H32F3N5OS. The highest BCUT2D eigenvalue weighted by atomic mass is 32.1. The van der Waals surface area contributed by atoms with E-state index in [9.17, 15) is 18.0 Å². The molecule has 4 rings (SSSR count). The third kappa shape index (κ3) is 5.64. The van der Waals surface area contributed by atoms with Crippen LogP contribution >= 0.6 is 11.3 Å². The highest BCUT2D eigenvalue weighted by Gasteiger charge is 2.41. The number of carbonyl (C=O) groups excluding carboxylic acids is 1. The number of nitrogens with zero attached hydrogens (tertiary/aromatic N) is 3. The molecular weight excluding hydrogens is 487 g/mol. The topological polar surface area (TPSA) is 71.8 Å². The van der Waals surface area contributed by atoms with E-state index in [0.717, 1.165) is 23.5 Å². The van der Waals surface area contributed by atoms with Gasteiger partial charge in [0.2, 0.25) is 5.91 Å². The number of anilines is 1. The molecule has 3 heterocycles. The van der Waals surface area contributed by atoms with E-state index in [4.69, 9.17) is 5.10 Å². The molecule has 3 aromatic rings. The van der Waals surface area contributed by atoms with E-state index in [0.29, 0.717) is 17.1 Å². The lowest BCUT2D eigenvalue weighted by Crippen LogP contribution is -2.36. The van der Waals surface area contributed by atoms with Crippen LogP contribution in [-0.4, -0.2) is 26.7 Å². The van der Waals surface area contributed by atoms with Gasteiger partial charge in [-0.2, -0.15) is 18.3 Å². The van der Waals surface area contributed by atoms with Gasteiger partial charge in [-0.1, -0.05) is 32.9 Å². The molecule has 36 heavy (non-hydrogen) atoms. The summed E-state index contributed by atoms with van der Waals surface area (Å²) in [4.78, 5) is 17.7. The van der Waals surface area contributed by atoms with E-state index in [1.165, 1.54) is 23.5 Å². The number of hydrogen-bond donors (Lipinski definition) is 2. The maximum atomic E-state index is 13.2. The molecule has 0 saturated carbocycles. The summed E-state index contributed by atoms with van der Waals surface area (Å²) in [6.07, 6.45) is -2.05. The molecule has 1 aliphatic rings. The fourth-order valence-corrected chi connectivity index (χ4v) is 5.19. The average Bonchev–Trinajstić information content (AvgIpc) is 3.51. The number of rotatable bonds is 4. The molecule has 1 amide bonds. The number of alkyl halides is 3. The molecule has 3 atom stereocenters. The van der Waals surface area contributed by atoms with Crippen molar-refractivity contribution in [3.8, 4) is 0 Å². The fourth-order valence-electron chi connectivity index (χ4n) is 4.25. The molecule has 1 aliphatic heterocycles. The molecule has 2 aromatic heterocycles. The molecule has 6 nitrogen and oxygen atoms in total. The van der Waals surface area contributed by atoms with E-state index in [2.05, 4.69) is 36.4 Å². The van der Waals surface area contributed by atoms with Crippen LogP contribution in [-0.2, 0) is 21.9 Å². The van der Waals surface area contributed by atoms with Crippen molar-refractivity contribution in [1.82, 2.24) is 20.1 Å². The van der Waals surface area contributed by atoms with Crippen molar-refractivity contribution in [2.45, 2.75) is 83.1 Å². The highest BCUT2D eigenvalue weighted by Crippen LogP contribution is 2.41. The highest BCUT2D eigenvalue weighted by molar-refractivity contribution is 7.14. The number of thiazole rings is 1. The smallest absolute Gasteiger partial charge is 0.301 e. The minimum Gasteiger partial charge on any atom is -0.301 e. The van der Waals surface area contributed by atoms with Crippen molar-refractivity contribution in [2.75, 3.05) is 5.32 Å². The zero-order valence-corrected chi connectivity index (χ0v) is 22.1. The lowest BCUT2D eigenvalue weighted by Gasteiger charge is -2.21. The van der Waals surface area contributed by atoms with E-state index >= 15 is 0 Å². The summed E-state index contributed by atoms with van der Waals surface area (Å²) in [6, 6.07) is 6.12. The Labute approximate surface area is 213 Å². The van der Waals surface area contributed by atoms with Gasteiger partial charge in [-0.25, -0.2) is 4.98 Å². The van der Waals surface area contributed by atoms with Gasteiger partial charge in [0, 0.05) is 29.0 Å². The number of carbonyl (C=O) groups is 1. The molecule has 0 aliphatic carbocycles. The van der Waals surface area contributed by atoms with Crippen LogP contribution in [0.2, 0.25) is 0 Å². The van der Waals surface area contributed by atoms with Crippen molar-refractivity contribution in [2.24, 2.45) is 0 Å². The molecule has 1 saturated heterocycles. The third-order valence-electron chi connectivity index (χ3n) is 6.37. The Bertz CT molecular complexity index is 1220. The van der Waals surface area contributed by atoms with Crippen LogP contribution < -0.4 is 10.6 Å². The van der Waals surface area contributed by atoms with Crippen LogP contribution in [0.15, 0.2) is 41.9 Å². The van der Waals surface area contributed by atoms with Gasteiger partial charge in [0.1, 0.15) is 0 Å². The maximum Gasteiger partial charge on any atom is 0.416 e. The molecule has 10 heteroatoms. The molecule has 0 unspecified atom stereocenters. The van der Waals surface area contributed by atoms with Gasteiger partial charge in [-0.05, 0) is 51.0 Å². The molecule has 2 N–H and O–H groups in total. The van der Waals surface area contributed by atoms with E-state index in [1.54, 1.807) is 0 Å². The van der Waals surface area contributed by atoms with Crippen molar-refractivity contribution in [3.05, 3.63) is 64.4 Å². The number of amides is 1. The first-order valence-electron chi connectivity index (χ1n) is 11.9. The van der Waals surface area contributed by atoms with E-state index in [-0.39, 0.29) is 28.8 Å². The zero-order valence-electron chi connectivity index (χ0n) is 21.3. The molecule has 1 fully saturated rings. The summed E-state index contributed by atoms with van der Waals surface area (Å²) in [5, 5.41) is 13.5. The fraction of sp³-hybridized carbons (Fsp3) is 0.500. The molecule has 1 aromatic carbocycles. The second kappa shape index (κ2) is 9.30. The number of halogens is 3. The quantitative estimate of drug-likeness (QED) is 0.428. The van der Waals surface area contributed by atoms with Crippen LogP contribution in [0.25, 0.3) is 0 Å². The molecule has 0 radical (unpaired) electrons. The predicted molar refractivity (Wildman–Crippen MR) is 135 cm³/mol. The standard InChI is InChI=1S/C26H32F3N5OS/c1-24(2,3)20-14-36-23(31-20)32-22(35)19-13-17(18-11-12-34(33-18)25(4,5)6)21(30-19)15-7-9-16(10-8-15)26(27,28)29/h7-12,14,17,19,21,30H,13H2,1-6H3,(H,31,32,35)/t17-,19-,21-/m0/s1. The van der Waals surface area contributed by atoms with Gasteiger partial charge in [0.25, 0.3) is 0 Å². The zero-order chi connectivity index (χ0) is 26.5. The number of hydrogen-bond acceptors (Lipinski definition) is 5. The predicted octanol–water partition coefficient (Wildman–Crippen LogP) is 6.24. The molecule has 194 valence electrons. The number of aromatic nitrogens is 3. The summed E-state index contributed by atoms with van der Waals surface area (Å²) in [5.74, 6) is -0.415. The van der Waals surface area contributed by atoms with Crippen LogP contribution in [0, 0.1) is 0 Å². The Hall–Kier alpha value is -2.72. The summed E-state index contributed by atoms with van der Waals surface area (Å²) in [6.45, 7) is 12.3. The minimum absolute atomic E-state index is 0.129. The third-order valence-corrected chi connectivity index (χ3v) is 7.12. The first-order valence-corrected chi connectivity index (χ1v) is 12.8. The van der Waals surface area contributed by atoms with Crippen molar-refractivity contribution in [3.63, 3.8) is 0 Å². The van der Waals surface area contributed by atoms with Gasteiger partial charge >= 0.3 is 6.18 Å². The Morgan fingerprint density at radius 3 is 2.28 bits per heavy atom. The normalized spacial score (nSPS) is 21.1. The summed E-state index contributed by atoms with van der Waals surface area (Å²) in [7, 11) is 0. The lowest BCUT2D eigenvalue weighted by molar-refractivity contribution is -0.137. The van der Waals surface area contributed by atoms with Gasteiger partial charge < -0.3 is 5.32 Å². The summed E-state index contributed by atoms with van der Waals surface area (Å²) >= 11 is 1.37. The van der Waals surface area contributed by atoms with Crippen LogP contribution in [0.4, 0.5) is 18.3 Å². The molecule has 0 bridgehead atoms. The number of nitrogens with one attached hydrogen (secondary N) is 2. The maximum absolute atomic E-state index is 13.2. The average molecular weight is 520 g/mol. The first-order chi connectivity index (χ1) is 16.6. The Morgan fingerprint density at radius 2 is 1.75 bits per heavy atom. The first kappa shape index (κ1) is 26.3. The van der Waals surface area contributed by atoms with Crippen LogP contribution in [0.1, 0.15) is 82.4 Å². The van der Waals surface area contributed by atoms with Gasteiger partial charge in [0.15, 0.2) is 5.13 Å². The van der Waals surface area contributed by atoms with Crippen molar-refractivity contribution < 1.29 is 18.0 Å². The summed E-state index contributed by atoms with van der Waals surface area (Å²) < 4.78 is 41.2. The van der Waals surface area contributed by atoms with Gasteiger partial charge in [-0.15, -0.1) is 11.3 Å². The number of benzene rings is 1. The largest absolute Gasteiger partial charge is 0.416 e. The second-order valence-corrected chi connectivity index (χ2v) is 12.2. The van der Waals surface area contributed by atoms with Crippen LogP contribution in [0.5, 0.6) is 0 Å². The Morgan fingerprint density at radius 1 is 1.08 bits per heavy atom. The summed E-state index contributed by atoms with van der Waals surface area (Å²) in [5.41, 5.74) is 1.32. The second-order valence-electron chi connectivity index (χ2n) is 11.3. The van der Waals surface area contributed by atoms with E-state index in [1.807, 2.05) is 43.1 Å². The Balaban J connectivity index is 1.60. The van der Waals surface area contributed by atoms with Gasteiger partial charge in [0.05, 0.1) is 28.5 Å². The van der Waals surface area contributed by atoms with Gasteiger partial charge in [-0.3, -0.25) is 14.8 Å². The molecule has 0 spiro atoms.